The van der Waals surface area contributed by atoms with Gasteiger partial charge in [0, 0.05) is 39.5 Å². The molecule has 0 unspecified atom stereocenters. The molecule has 0 saturated heterocycles. The minimum Gasteiger partial charge on any atom is -0.412 e. The molecule has 0 aliphatic heterocycles. The molecule has 4 rings (SSSR count). The second kappa shape index (κ2) is 15.0. The van der Waals surface area contributed by atoms with E-state index in [0.717, 1.165) is 43.3 Å². The van der Waals surface area contributed by atoms with Crippen molar-refractivity contribution in [2.45, 2.75) is 63.1 Å². The summed E-state index contributed by atoms with van der Waals surface area (Å²) < 4.78 is 22.8. The number of benzene rings is 2. The third-order valence-corrected chi connectivity index (χ3v) is 8.93. The fourth-order valence-corrected chi connectivity index (χ4v) is 6.55. The molecule has 2 heterocycles. The Hall–Kier alpha value is -3.12. The Kier molecular flexibility index (Phi) is 13.1. The summed E-state index contributed by atoms with van der Waals surface area (Å²) >= 11 is 1.65. The van der Waals surface area contributed by atoms with Crippen molar-refractivity contribution >= 4 is 22.4 Å². The molecular formula is C30H42N2O6S2+2. The molecular weight excluding hydrogens is 548 g/mol. The molecule has 218 valence electrons. The Morgan fingerprint density at radius 2 is 1.10 bits per heavy atom. The first-order valence-electron chi connectivity index (χ1n) is 12.3. The van der Waals surface area contributed by atoms with Crippen LogP contribution >= 0.6 is 22.4 Å². The van der Waals surface area contributed by atoms with Crippen LogP contribution in [0.25, 0.3) is 0 Å². The lowest BCUT2D eigenvalue weighted by atomic mass is 10.1. The van der Waals surface area contributed by atoms with E-state index in [-0.39, 0.29) is 21.7 Å². The molecule has 0 amide bonds. The molecule has 8 N–H and O–H groups in total. The van der Waals surface area contributed by atoms with Crippen molar-refractivity contribution in [3.8, 4) is 0 Å². The van der Waals surface area contributed by atoms with Crippen molar-refractivity contribution in [3.63, 3.8) is 0 Å². The highest BCUT2D eigenvalue weighted by Crippen LogP contribution is 2.49. The Labute approximate surface area is 242 Å². The highest BCUT2D eigenvalue weighted by atomic mass is 32.3. The highest BCUT2D eigenvalue weighted by Gasteiger charge is 2.28. The van der Waals surface area contributed by atoms with E-state index in [1.807, 2.05) is 58.0 Å². The van der Waals surface area contributed by atoms with Crippen LogP contribution in [0.4, 0.5) is 0 Å². The van der Waals surface area contributed by atoms with Crippen molar-refractivity contribution in [3.05, 3.63) is 118 Å². The highest BCUT2D eigenvalue weighted by molar-refractivity contribution is 8.23. The molecule has 0 aliphatic carbocycles. The average Bonchev–Trinajstić information content (AvgIpc) is 2.85. The van der Waals surface area contributed by atoms with Crippen LogP contribution in [0.3, 0.4) is 0 Å². The minimum atomic E-state index is -3.09. The van der Waals surface area contributed by atoms with Crippen LogP contribution in [-0.4, -0.2) is 30.5 Å². The van der Waals surface area contributed by atoms with E-state index >= 15 is 0 Å². The van der Waals surface area contributed by atoms with Crippen molar-refractivity contribution in [2.75, 3.05) is 0 Å². The Morgan fingerprint density at radius 1 is 0.625 bits per heavy atom. The molecule has 8 nitrogen and oxygen atoms in total. The van der Waals surface area contributed by atoms with Gasteiger partial charge in [-0.1, -0.05) is 47.5 Å². The van der Waals surface area contributed by atoms with E-state index in [1.165, 1.54) is 27.6 Å². The summed E-state index contributed by atoms with van der Waals surface area (Å²) in [4.78, 5) is 0. The average molecular weight is 591 g/mol. The van der Waals surface area contributed by atoms with Crippen LogP contribution in [0, 0.1) is 41.5 Å². The molecule has 4 aromatic rings. The van der Waals surface area contributed by atoms with E-state index < -0.39 is 10.6 Å². The van der Waals surface area contributed by atoms with Crippen LogP contribution in [0.5, 0.6) is 0 Å². The largest absolute Gasteiger partial charge is 0.412 e. The zero-order chi connectivity index (χ0) is 28.0. The lowest BCUT2D eigenvalue weighted by Gasteiger charge is -2.28. The predicted octanol–water partition coefficient (Wildman–Crippen LogP) is 5.23. The summed E-state index contributed by atoms with van der Waals surface area (Å²) in [5.41, 5.74) is 8.88. The van der Waals surface area contributed by atoms with Crippen molar-refractivity contribution < 1.29 is 39.9 Å². The van der Waals surface area contributed by atoms with E-state index in [4.69, 9.17) is 0 Å². The normalized spacial score (nSPS) is 11.0. The zero-order valence-corrected chi connectivity index (χ0v) is 25.5. The van der Waals surface area contributed by atoms with Gasteiger partial charge in [0.1, 0.15) is 0 Å². The van der Waals surface area contributed by atoms with E-state index in [0.29, 0.717) is 0 Å². The fourth-order valence-electron chi connectivity index (χ4n) is 3.85. The number of hydrogen-bond acceptors (Lipinski definition) is 5. The Bertz CT molecular complexity index is 1380. The molecule has 0 aliphatic rings. The smallest absolute Gasteiger partial charge is 0.344 e. The number of aromatic nitrogens is 2. The molecule has 2 aromatic heterocycles. The quantitative estimate of drug-likeness (QED) is 0.138. The molecule has 2 aromatic carbocycles. The maximum Gasteiger partial charge on any atom is 0.344 e. The lowest BCUT2D eigenvalue weighted by Crippen LogP contribution is -2.35. The van der Waals surface area contributed by atoms with Crippen molar-refractivity contribution in [1.29, 1.82) is 0 Å². The minimum absolute atomic E-state index is 0. The molecule has 0 atom stereocenters. The van der Waals surface area contributed by atoms with Gasteiger partial charge >= 0.3 is 5.03 Å². The molecule has 40 heavy (non-hydrogen) atoms. The van der Waals surface area contributed by atoms with Gasteiger partial charge in [-0.3, -0.25) is 19.5 Å². The van der Waals surface area contributed by atoms with Crippen LogP contribution in [-0.2, 0) is 11.5 Å². The Morgan fingerprint density at radius 3 is 1.70 bits per heavy atom. The summed E-state index contributed by atoms with van der Waals surface area (Å²) in [5, 5.41) is 20.5. The number of hydrogen-bond donors (Lipinski definition) is 4. The number of aryl methyl sites for hydroxylation is 6. The fraction of sp³-hybridized carbons (Fsp3) is 0.267. The van der Waals surface area contributed by atoms with E-state index in [9.17, 15) is 19.5 Å². The summed E-state index contributed by atoms with van der Waals surface area (Å²) in [5.74, 6) is 0.974. The van der Waals surface area contributed by atoms with Gasteiger partial charge in [0.25, 0.3) is 5.03 Å². The number of pyridine rings is 2. The standard InChI is InChI=1S/C15H19NO3S.C15H18NOS.2H2O/c1-11-4-5-13(3)14(8-11)10-20(18,19)15-9-12(2)6-7-16(15)17;1-11-4-5-13(3)14(8-11)10-18-15-9-12(2)6-7-16(15)17;;/h4-9H,10H2,1-3H3,(H2-,17,18,19);4-9,17H,10H2,1-3H3;2*1H2/q;+1;;/p+1. The van der Waals surface area contributed by atoms with Gasteiger partial charge in [-0.25, -0.2) is 0 Å². The lowest BCUT2D eigenvalue weighted by molar-refractivity contribution is -0.933. The third-order valence-electron chi connectivity index (χ3n) is 6.19. The summed E-state index contributed by atoms with van der Waals surface area (Å²) in [7, 11) is -3.09. The molecule has 10 heteroatoms. The third kappa shape index (κ3) is 9.51. The summed E-state index contributed by atoms with van der Waals surface area (Å²) in [6.45, 7) is 12.0. The zero-order valence-electron chi connectivity index (χ0n) is 23.8. The Balaban J connectivity index is 0.000000383. The van der Waals surface area contributed by atoms with Crippen LogP contribution < -0.4 is 9.46 Å². The van der Waals surface area contributed by atoms with Crippen molar-refractivity contribution in [2.24, 2.45) is 0 Å². The second-order valence-corrected chi connectivity index (χ2v) is 12.8. The number of nitrogens with zero attached hydrogens (tertiary/aromatic N) is 2. The van der Waals surface area contributed by atoms with Crippen LogP contribution in [0.15, 0.2) is 83.1 Å². The molecule has 0 radical (unpaired) electrons. The SMILES string of the molecule is Cc1ccc(C)c(CS(O)(O)c2cc(C)cc[n+]2O)c1.Cc1ccc(C)c(CSc2cc(C)cc[n+]2O)c1.O.O. The molecule has 0 fully saturated rings. The number of thioether (sulfide) groups is 1. The first-order valence-corrected chi connectivity index (χ1v) is 15.0. The monoisotopic (exact) mass is 590 g/mol. The van der Waals surface area contributed by atoms with Gasteiger partial charge in [-0.15, -0.1) is 10.6 Å². The van der Waals surface area contributed by atoms with Gasteiger partial charge in [-0.05, 0) is 86.7 Å². The van der Waals surface area contributed by atoms with E-state index in [1.54, 1.807) is 30.1 Å². The van der Waals surface area contributed by atoms with Gasteiger partial charge in [0.2, 0.25) is 12.4 Å². The predicted molar refractivity (Wildman–Crippen MR) is 161 cm³/mol. The van der Waals surface area contributed by atoms with Crippen LogP contribution in [0.1, 0.15) is 44.5 Å². The topological polar surface area (TPSA) is 152 Å². The maximum absolute atomic E-state index is 10.4. The maximum atomic E-state index is 10.4. The number of rotatable bonds is 6. The van der Waals surface area contributed by atoms with Crippen molar-refractivity contribution in [1.82, 2.24) is 0 Å². The van der Waals surface area contributed by atoms with Gasteiger partial charge in [-0.2, -0.15) is 0 Å². The first kappa shape index (κ1) is 34.9. The molecule has 0 saturated carbocycles. The summed E-state index contributed by atoms with van der Waals surface area (Å²) in [6.07, 6.45) is 3.10. The second-order valence-electron chi connectivity index (χ2n) is 9.73. The first-order chi connectivity index (χ1) is 17.9. The molecule has 0 spiro atoms. The van der Waals surface area contributed by atoms with E-state index in [2.05, 4.69) is 32.0 Å². The summed E-state index contributed by atoms with van der Waals surface area (Å²) in [6, 6.07) is 19.6. The van der Waals surface area contributed by atoms with Crippen LogP contribution in [0.2, 0.25) is 0 Å². The van der Waals surface area contributed by atoms with Gasteiger partial charge < -0.3 is 11.0 Å². The van der Waals surface area contributed by atoms with Gasteiger partial charge in [0.15, 0.2) is 0 Å². The molecule has 0 bridgehead atoms. The van der Waals surface area contributed by atoms with Gasteiger partial charge in [0.05, 0.1) is 5.75 Å².